The van der Waals surface area contributed by atoms with Crippen LogP contribution >= 0.6 is 0 Å². The molecule has 0 bridgehead atoms. The lowest BCUT2D eigenvalue weighted by Crippen LogP contribution is -2.02. The Morgan fingerprint density at radius 2 is 1.44 bits per heavy atom. The van der Waals surface area contributed by atoms with Gasteiger partial charge in [0.25, 0.3) is 0 Å². The normalized spacial score (nSPS) is 8.61. The Morgan fingerprint density at radius 1 is 0.833 bits per heavy atom. The Morgan fingerprint density at radius 3 is 2.06 bits per heavy atom. The third-order valence-electron chi connectivity index (χ3n) is 2.11. The van der Waals surface area contributed by atoms with Crippen molar-refractivity contribution in [2.45, 2.75) is 6.54 Å². The van der Waals surface area contributed by atoms with E-state index in [1.165, 1.54) is 0 Å². The molecule has 0 fully saturated rings. The molecule has 0 amide bonds. The van der Waals surface area contributed by atoms with Gasteiger partial charge in [-0.15, -0.1) is 0 Å². The first kappa shape index (κ1) is 16.1. The van der Waals surface area contributed by atoms with E-state index in [0.29, 0.717) is 6.54 Å². The summed E-state index contributed by atoms with van der Waals surface area (Å²) in [6.07, 6.45) is 0. The second kappa shape index (κ2) is 9.15. The van der Waals surface area contributed by atoms with Crippen LogP contribution in [-0.4, -0.2) is 5.48 Å². The summed E-state index contributed by atoms with van der Waals surface area (Å²) in [7, 11) is 0. The molecule has 98 valence electrons. The molecule has 5 heteroatoms. The zero-order chi connectivity index (χ0) is 12.5. The Kier molecular flexibility index (Phi) is 8.17. The summed E-state index contributed by atoms with van der Waals surface area (Å²) in [6, 6.07) is 17.5. The van der Waals surface area contributed by atoms with Gasteiger partial charge in [-0.25, -0.2) is 0 Å². The standard InChI is InChI=1S/C13H13NO.H4N2.H2O/c14-10-11-5-4-8-13(9-11)15-12-6-2-1-3-7-12;1-2;/h1-9H,10,14H2;1-2H2;1H2. The molecule has 0 unspecified atom stereocenters. The molecule has 8 N–H and O–H groups in total. The molecule has 2 rings (SSSR count). The number of rotatable bonds is 3. The van der Waals surface area contributed by atoms with Gasteiger partial charge >= 0.3 is 0 Å². The molecule has 0 aliphatic heterocycles. The van der Waals surface area contributed by atoms with Gasteiger partial charge < -0.3 is 15.9 Å². The van der Waals surface area contributed by atoms with Gasteiger partial charge in [-0.05, 0) is 29.8 Å². The van der Waals surface area contributed by atoms with Crippen LogP contribution in [0.1, 0.15) is 5.56 Å². The maximum atomic E-state index is 5.67. The molecule has 0 saturated carbocycles. The molecular weight excluding hydrogens is 230 g/mol. The average molecular weight is 249 g/mol. The minimum atomic E-state index is 0. The first-order valence-electron chi connectivity index (χ1n) is 5.24. The summed E-state index contributed by atoms with van der Waals surface area (Å²) in [6.45, 7) is 0.534. The second-order valence-electron chi connectivity index (χ2n) is 3.27. The topological polar surface area (TPSA) is 119 Å². The number of nitrogens with two attached hydrogens (primary N) is 3. The van der Waals surface area contributed by atoms with Crippen molar-refractivity contribution in [2.75, 3.05) is 0 Å². The number of para-hydroxylation sites is 1. The lowest BCUT2D eigenvalue weighted by atomic mass is 10.2. The van der Waals surface area contributed by atoms with E-state index in [2.05, 4.69) is 11.7 Å². The zero-order valence-electron chi connectivity index (χ0n) is 10.0. The van der Waals surface area contributed by atoms with Crippen LogP contribution < -0.4 is 22.2 Å². The van der Waals surface area contributed by atoms with Crippen LogP contribution in [-0.2, 0) is 6.54 Å². The molecular formula is C13H19N3O2. The smallest absolute Gasteiger partial charge is 0.127 e. The van der Waals surface area contributed by atoms with Gasteiger partial charge in [0, 0.05) is 6.54 Å². The summed E-state index contributed by atoms with van der Waals surface area (Å²) in [4.78, 5) is 0. The van der Waals surface area contributed by atoms with E-state index >= 15 is 0 Å². The SMILES string of the molecule is NCc1cccc(Oc2ccccc2)c1.NN.O. The van der Waals surface area contributed by atoms with Crippen LogP contribution in [0, 0.1) is 0 Å². The van der Waals surface area contributed by atoms with Gasteiger partial charge in [-0.1, -0.05) is 30.3 Å². The van der Waals surface area contributed by atoms with E-state index in [-0.39, 0.29) is 5.48 Å². The first-order valence-corrected chi connectivity index (χ1v) is 5.24. The highest BCUT2D eigenvalue weighted by Crippen LogP contribution is 2.21. The van der Waals surface area contributed by atoms with E-state index in [0.717, 1.165) is 17.1 Å². The lowest BCUT2D eigenvalue weighted by Gasteiger charge is -2.06. The molecule has 0 radical (unpaired) electrons. The Balaban J connectivity index is 0.000000917. The summed E-state index contributed by atoms with van der Waals surface area (Å²) in [5.41, 5.74) is 6.63. The predicted octanol–water partition coefficient (Wildman–Crippen LogP) is 0.932. The van der Waals surface area contributed by atoms with Crippen molar-refractivity contribution in [1.82, 2.24) is 0 Å². The van der Waals surface area contributed by atoms with E-state index in [1.54, 1.807) is 0 Å². The molecule has 18 heavy (non-hydrogen) atoms. The van der Waals surface area contributed by atoms with Crippen molar-refractivity contribution in [1.29, 1.82) is 0 Å². The van der Waals surface area contributed by atoms with Crippen LogP contribution in [0.2, 0.25) is 0 Å². The van der Waals surface area contributed by atoms with E-state index in [4.69, 9.17) is 10.5 Å². The van der Waals surface area contributed by atoms with Gasteiger partial charge in [0.1, 0.15) is 11.5 Å². The lowest BCUT2D eigenvalue weighted by molar-refractivity contribution is 0.482. The maximum Gasteiger partial charge on any atom is 0.127 e. The second-order valence-corrected chi connectivity index (χ2v) is 3.27. The molecule has 2 aromatic carbocycles. The van der Waals surface area contributed by atoms with E-state index in [9.17, 15) is 0 Å². The highest BCUT2D eigenvalue weighted by molar-refractivity contribution is 5.33. The molecule has 0 aromatic heterocycles. The minimum absolute atomic E-state index is 0. The molecule has 0 aliphatic carbocycles. The number of benzene rings is 2. The van der Waals surface area contributed by atoms with Crippen molar-refractivity contribution >= 4 is 0 Å². The molecule has 0 saturated heterocycles. The fraction of sp³-hybridized carbons (Fsp3) is 0.0769. The largest absolute Gasteiger partial charge is 0.457 e. The van der Waals surface area contributed by atoms with Crippen molar-refractivity contribution in [2.24, 2.45) is 17.4 Å². The van der Waals surface area contributed by atoms with Crippen LogP contribution in [0.5, 0.6) is 11.5 Å². The van der Waals surface area contributed by atoms with Crippen molar-refractivity contribution in [3.05, 3.63) is 60.2 Å². The number of hydrogen-bond acceptors (Lipinski definition) is 4. The van der Waals surface area contributed by atoms with Crippen molar-refractivity contribution in [3.63, 3.8) is 0 Å². The van der Waals surface area contributed by atoms with Gasteiger partial charge in [0.05, 0.1) is 0 Å². The predicted molar refractivity (Wildman–Crippen MR) is 72.8 cm³/mol. The van der Waals surface area contributed by atoms with Gasteiger partial charge in [-0.2, -0.15) is 0 Å². The molecule has 2 aromatic rings. The van der Waals surface area contributed by atoms with Crippen molar-refractivity contribution in [3.8, 4) is 11.5 Å². The highest BCUT2D eigenvalue weighted by Gasteiger charge is 1.96. The van der Waals surface area contributed by atoms with Crippen LogP contribution in [0.25, 0.3) is 0 Å². The highest BCUT2D eigenvalue weighted by atomic mass is 16.5. The third kappa shape index (κ3) is 4.94. The number of hydrazine groups is 1. The fourth-order valence-electron chi connectivity index (χ4n) is 1.36. The van der Waals surface area contributed by atoms with Crippen molar-refractivity contribution < 1.29 is 10.2 Å². The summed E-state index contributed by atoms with van der Waals surface area (Å²) in [5, 5.41) is 0. The summed E-state index contributed by atoms with van der Waals surface area (Å²) < 4.78 is 5.67. The van der Waals surface area contributed by atoms with E-state index < -0.39 is 0 Å². The van der Waals surface area contributed by atoms with Gasteiger partial charge in [0.2, 0.25) is 0 Å². The quantitative estimate of drug-likeness (QED) is 0.553. The molecule has 5 nitrogen and oxygen atoms in total. The van der Waals surface area contributed by atoms with Crippen LogP contribution in [0.3, 0.4) is 0 Å². The minimum Gasteiger partial charge on any atom is -0.457 e. The Hall–Kier alpha value is -1.92. The first-order chi connectivity index (χ1) is 8.38. The van der Waals surface area contributed by atoms with Crippen LogP contribution in [0.4, 0.5) is 0 Å². The average Bonchev–Trinajstić information content (AvgIpc) is 2.42. The van der Waals surface area contributed by atoms with Crippen LogP contribution in [0.15, 0.2) is 54.6 Å². The fourth-order valence-corrected chi connectivity index (χ4v) is 1.36. The third-order valence-corrected chi connectivity index (χ3v) is 2.11. The van der Waals surface area contributed by atoms with Gasteiger partial charge in [-0.3, -0.25) is 11.7 Å². The number of hydrogen-bond donors (Lipinski definition) is 3. The summed E-state index contributed by atoms with van der Waals surface area (Å²) in [5.74, 6) is 9.66. The molecule has 0 aliphatic rings. The molecule has 0 atom stereocenters. The molecule has 0 heterocycles. The number of ether oxygens (including phenoxy) is 1. The van der Waals surface area contributed by atoms with E-state index in [1.807, 2.05) is 54.6 Å². The monoisotopic (exact) mass is 249 g/mol. The zero-order valence-corrected chi connectivity index (χ0v) is 10.0. The molecule has 0 spiro atoms. The van der Waals surface area contributed by atoms with Gasteiger partial charge in [0.15, 0.2) is 0 Å². The maximum absolute atomic E-state index is 5.67. The summed E-state index contributed by atoms with van der Waals surface area (Å²) >= 11 is 0. The Labute approximate surface area is 106 Å². The Bertz CT molecular complexity index is 435.